The Kier molecular flexibility index (Phi) is 6.06. The molecule has 90 valence electrons. The van der Waals surface area contributed by atoms with Gasteiger partial charge in [-0.15, -0.1) is 0 Å². The van der Waals surface area contributed by atoms with Crippen LogP contribution in [0.5, 0.6) is 0 Å². The van der Waals surface area contributed by atoms with E-state index in [0.29, 0.717) is 5.41 Å². The van der Waals surface area contributed by atoms with E-state index in [4.69, 9.17) is 0 Å². The molecule has 0 unspecified atom stereocenters. The van der Waals surface area contributed by atoms with Gasteiger partial charge in [0, 0.05) is 6.54 Å². The lowest BCUT2D eigenvalue weighted by molar-refractivity contribution is 0.238. The average molecular weight is 229 g/mol. The van der Waals surface area contributed by atoms with Crippen LogP contribution in [0.1, 0.15) is 52.4 Å². The van der Waals surface area contributed by atoms with Gasteiger partial charge in [-0.25, -0.2) is 0 Å². The second kappa shape index (κ2) is 6.80. The molecule has 0 N–H and O–H groups in total. The third-order valence-corrected chi connectivity index (χ3v) is 4.47. The van der Waals surface area contributed by atoms with Gasteiger partial charge < -0.3 is 4.90 Å². The van der Waals surface area contributed by atoms with Crippen molar-refractivity contribution in [2.45, 2.75) is 52.4 Å². The Morgan fingerprint density at radius 2 is 1.87 bits per heavy atom. The minimum absolute atomic E-state index is 0.656. The van der Waals surface area contributed by atoms with E-state index in [1.165, 1.54) is 58.2 Å². The Labute approximate surface area is 101 Å². The summed E-state index contributed by atoms with van der Waals surface area (Å²) in [5, 5.41) is 0. The molecule has 0 spiro atoms. The Bertz CT molecular complexity index is 166. The van der Waals surface area contributed by atoms with Crippen LogP contribution in [-0.2, 0) is 0 Å². The van der Waals surface area contributed by atoms with Gasteiger partial charge in [0.15, 0.2) is 0 Å². The van der Waals surface area contributed by atoms with Gasteiger partial charge in [0.05, 0.1) is 0 Å². The number of unbranched alkanes of at least 4 members (excludes halogenated alkanes) is 2. The first-order valence-electron chi connectivity index (χ1n) is 6.59. The van der Waals surface area contributed by atoms with Crippen molar-refractivity contribution < 1.29 is 0 Å². The number of nitrogens with zero attached hydrogens (tertiary/aromatic N) is 1. The van der Waals surface area contributed by atoms with Gasteiger partial charge in [-0.3, -0.25) is 0 Å². The number of thiol groups is 1. The fourth-order valence-corrected chi connectivity index (χ4v) is 2.89. The van der Waals surface area contributed by atoms with Crippen molar-refractivity contribution in [3.05, 3.63) is 0 Å². The summed E-state index contributed by atoms with van der Waals surface area (Å²) in [4.78, 5) is 2.67. The maximum Gasteiger partial charge on any atom is 0.00382 e. The largest absolute Gasteiger partial charge is 0.303 e. The monoisotopic (exact) mass is 229 g/mol. The van der Waals surface area contributed by atoms with Crippen LogP contribution < -0.4 is 0 Å². The minimum Gasteiger partial charge on any atom is -0.303 e. The van der Waals surface area contributed by atoms with Gasteiger partial charge in [0.2, 0.25) is 0 Å². The Morgan fingerprint density at radius 1 is 1.13 bits per heavy atom. The standard InChI is InChI=1S/C13H27NS/c1-3-13(4-2)8-10-14(12-13)9-6-5-7-11-15/h15H,3-12H2,1-2H3. The maximum atomic E-state index is 4.25. The van der Waals surface area contributed by atoms with Crippen LogP contribution in [-0.4, -0.2) is 30.3 Å². The van der Waals surface area contributed by atoms with Crippen molar-refractivity contribution in [2.75, 3.05) is 25.4 Å². The Hall–Kier alpha value is 0.310. The van der Waals surface area contributed by atoms with Crippen LogP contribution in [0.4, 0.5) is 0 Å². The molecule has 0 aromatic heterocycles. The van der Waals surface area contributed by atoms with Gasteiger partial charge in [-0.2, -0.15) is 12.6 Å². The third kappa shape index (κ3) is 3.99. The maximum absolute atomic E-state index is 4.25. The molecule has 0 aromatic carbocycles. The number of hydrogen-bond acceptors (Lipinski definition) is 2. The van der Waals surface area contributed by atoms with Crippen LogP contribution in [0.2, 0.25) is 0 Å². The van der Waals surface area contributed by atoms with Crippen LogP contribution in [0, 0.1) is 5.41 Å². The van der Waals surface area contributed by atoms with Crippen LogP contribution in [0.25, 0.3) is 0 Å². The van der Waals surface area contributed by atoms with Gasteiger partial charge in [-0.1, -0.05) is 20.3 Å². The molecule has 1 aliphatic rings. The molecule has 0 atom stereocenters. The Morgan fingerprint density at radius 3 is 2.40 bits per heavy atom. The highest BCUT2D eigenvalue weighted by Gasteiger charge is 2.34. The van der Waals surface area contributed by atoms with E-state index in [-0.39, 0.29) is 0 Å². The van der Waals surface area contributed by atoms with E-state index in [0.717, 1.165) is 5.75 Å². The lowest BCUT2D eigenvalue weighted by Crippen LogP contribution is -2.27. The molecule has 1 aliphatic heterocycles. The molecule has 0 bridgehead atoms. The quantitative estimate of drug-likeness (QED) is 0.516. The average Bonchev–Trinajstić information content (AvgIpc) is 2.69. The van der Waals surface area contributed by atoms with E-state index in [1.807, 2.05) is 0 Å². The van der Waals surface area contributed by atoms with E-state index in [1.54, 1.807) is 0 Å². The molecule has 1 rings (SSSR count). The fourth-order valence-electron chi connectivity index (χ4n) is 2.67. The third-order valence-electron chi connectivity index (χ3n) is 4.15. The predicted molar refractivity (Wildman–Crippen MR) is 71.8 cm³/mol. The van der Waals surface area contributed by atoms with Crippen molar-refractivity contribution in [3.8, 4) is 0 Å². The molecule has 0 saturated carbocycles. The summed E-state index contributed by atoms with van der Waals surface area (Å²) in [5.74, 6) is 1.05. The molecule has 2 heteroatoms. The first-order chi connectivity index (χ1) is 7.26. The number of hydrogen-bond donors (Lipinski definition) is 1. The van der Waals surface area contributed by atoms with Crippen molar-refractivity contribution in [1.82, 2.24) is 4.90 Å². The summed E-state index contributed by atoms with van der Waals surface area (Å²) >= 11 is 4.25. The lowest BCUT2D eigenvalue weighted by Gasteiger charge is -2.26. The first-order valence-corrected chi connectivity index (χ1v) is 7.23. The van der Waals surface area contributed by atoms with E-state index in [2.05, 4.69) is 31.4 Å². The summed E-state index contributed by atoms with van der Waals surface area (Å²) in [6.45, 7) is 8.71. The zero-order valence-corrected chi connectivity index (χ0v) is 11.4. The highest BCUT2D eigenvalue weighted by Crippen LogP contribution is 2.36. The second-order valence-corrected chi connectivity index (χ2v) is 5.46. The summed E-state index contributed by atoms with van der Waals surface area (Å²) in [6, 6.07) is 0. The summed E-state index contributed by atoms with van der Waals surface area (Å²) in [5.41, 5.74) is 0.656. The zero-order chi connectivity index (χ0) is 11.1. The van der Waals surface area contributed by atoms with Gasteiger partial charge in [0.25, 0.3) is 0 Å². The number of rotatable bonds is 7. The molecule has 1 saturated heterocycles. The molecule has 1 nitrogen and oxygen atoms in total. The van der Waals surface area contributed by atoms with Crippen LogP contribution >= 0.6 is 12.6 Å². The summed E-state index contributed by atoms with van der Waals surface area (Å²) in [6.07, 6.45) is 8.14. The summed E-state index contributed by atoms with van der Waals surface area (Å²) < 4.78 is 0. The SMILES string of the molecule is CCC1(CC)CCN(CCCCCS)C1. The molecular formula is C13H27NS. The molecule has 0 radical (unpaired) electrons. The van der Waals surface area contributed by atoms with E-state index >= 15 is 0 Å². The molecule has 1 heterocycles. The van der Waals surface area contributed by atoms with Crippen molar-refractivity contribution in [2.24, 2.45) is 5.41 Å². The van der Waals surface area contributed by atoms with Crippen LogP contribution in [0.15, 0.2) is 0 Å². The number of likely N-dealkylation sites (tertiary alicyclic amines) is 1. The molecular weight excluding hydrogens is 202 g/mol. The van der Waals surface area contributed by atoms with Gasteiger partial charge >= 0.3 is 0 Å². The zero-order valence-electron chi connectivity index (χ0n) is 10.5. The molecule has 0 amide bonds. The Balaban J connectivity index is 2.18. The molecule has 15 heavy (non-hydrogen) atoms. The lowest BCUT2D eigenvalue weighted by atomic mass is 9.82. The minimum atomic E-state index is 0.656. The molecule has 0 aromatic rings. The fraction of sp³-hybridized carbons (Fsp3) is 1.00. The van der Waals surface area contributed by atoms with Gasteiger partial charge in [0.1, 0.15) is 0 Å². The van der Waals surface area contributed by atoms with Crippen molar-refractivity contribution in [1.29, 1.82) is 0 Å². The molecule has 0 aliphatic carbocycles. The second-order valence-electron chi connectivity index (χ2n) is 5.02. The smallest absolute Gasteiger partial charge is 0.00382 e. The van der Waals surface area contributed by atoms with Crippen LogP contribution in [0.3, 0.4) is 0 Å². The molecule has 1 fully saturated rings. The van der Waals surface area contributed by atoms with Crippen molar-refractivity contribution in [3.63, 3.8) is 0 Å². The summed E-state index contributed by atoms with van der Waals surface area (Å²) in [7, 11) is 0. The normalized spacial score (nSPS) is 21.0. The van der Waals surface area contributed by atoms with E-state index < -0.39 is 0 Å². The highest BCUT2D eigenvalue weighted by molar-refractivity contribution is 7.80. The van der Waals surface area contributed by atoms with Crippen molar-refractivity contribution >= 4 is 12.6 Å². The topological polar surface area (TPSA) is 3.24 Å². The first kappa shape index (κ1) is 13.4. The predicted octanol–water partition coefficient (Wildman–Crippen LogP) is 3.60. The van der Waals surface area contributed by atoms with Gasteiger partial charge in [-0.05, 0) is 56.4 Å². The van der Waals surface area contributed by atoms with E-state index in [9.17, 15) is 0 Å². The highest BCUT2D eigenvalue weighted by atomic mass is 32.1.